The highest BCUT2D eigenvalue weighted by atomic mass is 35.5. The van der Waals surface area contributed by atoms with E-state index >= 15 is 0 Å². The van der Waals surface area contributed by atoms with Crippen LogP contribution in [0.5, 0.6) is 0 Å². The number of aliphatic hydroxyl groups excluding tert-OH is 1. The van der Waals surface area contributed by atoms with Gasteiger partial charge in [0.25, 0.3) is 11.8 Å². The minimum absolute atomic E-state index is 0.0507. The second-order valence-corrected chi connectivity index (χ2v) is 22.0. The lowest BCUT2D eigenvalue weighted by Gasteiger charge is -2.45. The van der Waals surface area contributed by atoms with Crippen LogP contribution < -0.4 is 0 Å². The number of rotatable bonds is 11. The number of hydrogen-bond donors (Lipinski definition) is 1. The fourth-order valence-electron chi connectivity index (χ4n) is 11.6. The minimum atomic E-state index is -0.245. The van der Waals surface area contributed by atoms with Crippen LogP contribution in [0, 0.1) is 23.7 Å². The summed E-state index contributed by atoms with van der Waals surface area (Å²) in [6, 6.07) is 32.1. The molecule has 2 aromatic heterocycles. The highest BCUT2D eigenvalue weighted by Crippen LogP contribution is 2.35. The van der Waals surface area contributed by atoms with E-state index in [1.807, 2.05) is 107 Å². The first-order valence-electron chi connectivity index (χ1n) is 25.8. The van der Waals surface area contributed by atoms with Crippen LogP contribution in [0.4, 0.5) is 0 Å². The molecule has 6 heterocycles. The lowest BCUT2D eigenvalue weighted by molar-refractivity contribution is -0.143. The molecule has 4 aliphatic heterocycles. The molecule has 0 bridgehead atoms. The molecule has 0 spiro atoms. The summed E-state index contributed by atoms with van der Waals surface area (Å²) in [4.78, 5) is 55.8. The molecule has 2 amide bonds. The Labute approximate surface area is 448 Å². The van der Waals surface area contributed by atoms with Crippen molar-refractivity contribution in [2.45, 2.75) is 70.4 Å². The van der Waals surface area contributed by atoms with E-state index < -0.39 is 0 Å². The average Bonchev–Trinajstić information content (AvgIpc) is 3.42. The Kier molecular flexibility index (Phi) is 17.9. The van der Waals surface area contributed by atoms with Gasteiger partial charge in [-0.3, -0.25) is 34.2 Å². The van der Waals surface area contributed by atoms with Crippen LogP contribution in [0.3, 0.4) is 0 Å². The topological polar surface area (TPSA) is 119 Å². The number of carbonyl (C=O) groups excluding carboxylic acids is 3. The van der Waals surface area contributed by atoms with Crippen molar-refractivity contribution in [3.05, 3.63) is 152 Å². The van der Waals surface area contributed by atoms with Gasteiger partial charge in [-0.1, -0.05) is 94.9 Å². The molecule has 0 aliphatic carbocycles. The van der Waals surface area contributed by atoms with Crippen molar-refractivity contribution < 1.29 is 24.2 Å². The second-order valence-electron chi connectivity index (χ2n) is 20.4. The summed E-state index contributed by atoms with van der Waals surface area (Å²) in [5.74, 6) is 1.17. The third-order valence-corrected chi connectivity index (χ3v) is 17.2. The van der Waals surface area contributed by atoms with Crippen molar-refractivity contribution in [1.82, 2.24) is 29.6 Å². The number of benzene rings is 4. The maximum absolute atomic E-state index is 13.2. The van der Waals surface area contributed by atoms with E-state index in [0.29, 0.717) is 61.7 Å². The molecule has 0 radical (unpaired) electrons. The van der Waals surface area contributed by atoms with Gasteiger partial charge in [0, 0.05) is 94.0 Å². The van der Waals surface area contributed by atoms with Gasteiger partial charge < -0.3 is 19.6 Å². The van der Waals surface area contributed by atoms with Gasteiger partial charge in [0.2, 0.25) is 0 Å². The molecular weight excluding hydrogens is 1000 g/mol. The number of fused-ring (bicyclic) bond motifs is 2. The van der Waals surface area contributed by atoms with E-state index in [1.165, 1.54) is 12.5 Å². The first-order chi connectivity index (χ1) is 35.4. The molecule has 4 unspecified atom stereocenters. The van der Waals surface area contributed by atoms with Gasteiger partial charge in [-0.15, -0.1) is 0 Å². The van der Waals surface area contributed by atoms with Gasteiger partial charge in [-0.2, -0.15) is 0 Å². The van der Waals surface area contributed by atoms with E-state index in [0.717, 1.165) is 131 Å². The minimum Gasteiger partial charge on any atom is -0.466 e. The maximum Gasteiger partial charge on any atom is 0.302 e. The molecule has 4 aliphatic rings. The summed E-state index contributed by atoms with van der Waals surface area (Å²) in [6.07, 6.45) is 11.0. The lowest BCUT2D eigenvalue weighted by atomic mass is 9.80. The number of esters is 1. The van der Waals surface area contributed by atoms with Crippen molar-refractivity contribution >= 4 is 86.0 Å². The number of aromatic nitrogens is 2. The van der Waals surface area contributed by atoms with Gasteiger partial charge in [0.1, 0.15) is 0 Å². The Morgan fingerprint density at radius 2 is 0.986 bits per heavy atom. The molecule has 4 atom stereocenters. The molecule has 4 fully saturated rings. The summed E-state index contributed by atoms with van der Waals surface area (Å²) in [6.45, 7) is 8.84. The number of para-hydroxylation sites is 2. The molecule has 384 valence electrons. The molecule has 6 aromatic rings. The molecule has 73 heavy (non-hydrogen) atoms. The molecule has 0 saturated carbocycles. The maximum atomic E-state index is 13.2. The summed E-state index contributed by atoms with van der Waals surface area (Å²) >= 11 is 24.6. The number of hydrogen-bond acceptors (Lipinski definition) is 9. The normalized spacial score (nSPS) is 21.5. The fraction of sp³-hybridized carbons (Fsp3) is 0.431. The van der Waals surface area contributed by atoms with E-state index in [1.54, 1.807) is 12.4 Å². The number of ether oxygens (including phenoxy) is 1. The third-order valence-electron chi connectivity index (χ3n) is 15.8. The number of carbonyl (C=O) groups is 3. The number of aliphatic hydroxyl groups is 1. The van der Waals surface area contributed by atoms with Gasteiger partial charge in [-0.05, 0) is 142 Å². The fourth-order valence-corrected chi connectivity index (χ4v) is 12.2. The summed E-state index contributed by atoms with van der Waals surface area (Å²) < 4.78 is 5.48. The van der Waals surface area contributed by atoms with E-state index in [2.05, 4.69) is 19.8 Å². The number of halogens is 4. The SMILES string of the molecule is CC(=O)OCC1CN(C2CCN(C(=O)c3cnc4ccccc4c3)CC2)CCC1Cc1ccc(Cl)c(Cl)c1.O=C(c1cnc2ccccc2c1)N1CCC(N2CCC(Cc3ccc(Cl)c(Cl)c3)C(CO)C2)CC1. The Morgan fingerprint density at radius 3 is 1.42 bits per heavy atom. The zero-order chi connectivity index (χ0) is 51.0. The summed E-state index contributed by atoms with van der Waals surface area (Å²) in [5.41, 5.74) is 5.43. The van der Waals surface area contributed by atoms with Crippen LogP contribution in [0.25, 0.3) is 21.8 Å². The molecule has 15 heteroatoms. The monoisotopic (exact) mass is 1060 g/mol. The molecular formula is C58H64Cl4N6O5. The van der Waals surface area contributed by atoms with E-state index in [9.17, 15) is 19.5 Å². The van der Waals surface area contributed by atoms with E-state index in [-0.39, 0.29) is 36.2 Å². The Morgan fingerprint density at radius 1 is 0.548 bits per heavy atom. The number of pyridine rings is 2. The summed E-state index contributed by atoms with van der Waals surface area (Å²) in [7, 11) is 0. The largest absolute Gasteiger partial charge is 0.466 e. The third kappa shape index (κ3) is 13.3. The smallest absolute Gasteiger partial charge is 0.302 e. The molecule has 1 N–H and O–H groups in total. The number of nitrogens with zero attached hydrogens (tertiary/aromatic N) is 6. The van der Waals surface area contributed by atoms with Crippen LogP contribution in [0.15, 0.2) is 109 Å². The van der Waals surface area contributed by atoms with Crippen molar-refractivity contribution in [1.29, 1.82) is 0 Å². The molecule has 4 aromatic carbocycles. The average molecular weight is 1070 g/mol. The number of amides is 2. The van der Waals surface area contributed by atoms with Crippen LogP contribution in [0.2, 0.25) is 20.1 Å². The molecule has 4 saturated heterocycles. The Bertz CT molecular complexity index is 2890. The van der Waals surface area contributed by atoms with Crippen LogP contribution in [0.1, 0.15) is 77.3 Å². The van der Waals surface area contributed by atoms with Gasteiger partial charge >= 0.3 is 5.97 Å². The van der Waals surface area contributed by atoms with Crippen LogP contribution >= 0.6 is 46.4 Å². The van der Waals surface area contributed by atoms with Gasteiger partial charge in [0.15, 0.2) is 0 Å². The van der Waals surface area contributed by atoms with Crippen molar-refractivity contribution in [3.8, 4) is 0 Å². The van der Waals surface area contributed by atoms with Crippen molar-refractivity contribution in [3.63, 3.8) is 0 Å². The predicted octanol–water partition coefficient (Wildman–Crippen LogP) is 11.2. The first kappa shape index (κ1) is 53.0. The van der Waals surface area contributed by atoms with Crippen molar-refractivity contribution in [2.24, 2.45) is 23.7 Å². The second kappa shape index (κ2) is 24.7. The molecule has 10 rings (SSSR count). The van der Waals surface area contributed by atoms with Crippen molar-refractivity contribution in [2.75, 3.05) is 65.6 Å². The van der Waals surface area contributed by atoms with E-state index in [4.69, 9.17) is 51.1 Å². The predicted molar refractivity (Wildman–Crippen MR) is 292 cm³/mol. The highest BCUT2D eigenvalue weighted by molar-refractivity contribution is 6.42. The zero-order valence-corrected chi connectivity index (χ0v) is 44.4. The summed E-state index contributed by atoms with van der Waals surface area (Å²) in [5, 5.41) is 14.4. The van der Waals surface area contributed by atoms with Crippen LogP contribution in [-0.4, -0.2) is 130 Å². The lowest BCUT2D eigenvalue weighted by Crippen LogP contribution is -2.52. The Balaban J connectivity index is 0.000000180. The standard InChI is InChI=1S/C30H33Cl2N3O3.C28H31Cl2N3O2/c1-20(36)38-19-25-18-35(11-8-22(25)14-21-6-7-27(31)28(32)15-21)26-9-12-34(13-10-26)30(37)24-16-23-4-2-3-5-29(23)33-17-24;29-25-6-5-19(14-26(25)30)13-20-7-10-33(17-23(20)18-34)24-8-11-32(12-9-24)28(35)22-15-21-3-1-2-4-27(21)31-16-22/h2-7,15-17,22,25-26H,8-14,18-19H2,1H3;1-6,14-16,20,23-24,34H,7-13,17-18H2. The number of likely N-dealkylation sites (tertiary alicyclic amines) is 4. The Hall–Kier alpha value is -4.85. The number of piperidine rings is 4. The molecule has 11 nitrogen and oxygen atoms in total. The highest BCUT2D eigenvalue weighted by Gasteiger charge is 2.37. The quantitative estimate of drug-likeness (QED) is 0.127. The van der Waals surface area contributed by atoms with Gasteiger partial charge in [0.05, 0.1) is 48.9 Å². The van der Waals surface area contributed by atoms with Crippen LogP contribution in [-0.2, 0) is 22.4 Å². The zero-order valence-electron chi connectivity index (χ0n) is 41.4. The first-order valence-corrected chi connectivity index (χ1v) is 27.3. The van der Waals surface area contributed by atoms with Gasteiger partial charge in [-0.25, -0.2) is 0 Å².